The Labute approximate surface area is 254 Å². The van der Waals surface area contributed by atoms with E-state index in [9.17, 15) is 48.0 Å². The molecule has 2 aromatic carbocycles. The Hall–Kier alpha value is -2.81. The topological polar surface area (TPSA) is 97.8 Å². The number of anilines is 1. The van der Waals surface area contributed by atoms with E-state index < -0.39 is 64.1 Å². The Kier molecular flexibility index (Phi) is 11.0. The highest BCUT2D eigenvalue weighted by Crippen LogP contribution is 2.42. The molecule has 0 aliphatic rings. The highest BCUT2D eigenvalue weighted by molar-refractivity contribution is 8.10. The number of carbonyl (C=O) groups excluding carboxylic acids is 1. The lowest BCUT2D eigenvalue weighted by molar-refractivity contribution is -0.128. The van der Waals surface area contributed by atoms with Gasteiger partial charge in [0.1, 0.15) is 12.4 Å². The highest BCUT2D eigenvalue weighted by Gasteiger charge is 2.47. The lowest BCUT2D eigenvalue weighted by Gasteiger charge is -2.35. The van der Waals surface area contributed by atoms with Crippen molar-refractivity contribution < 1.29 is 52.7 Å². The molecule has 0 saturated carbocycles. The zero-order valence-electron chi connectivity index (χ0n) is 25.5. The minimum Gasteiger partial charge on any atom is -0.486 e. The number of hydrogen-bond acceptors (Lipinski definition) is 6. The van der Waals surface area contributed by atoms with Gasteiger partial charge in [-0.25, -0.2) is 16.8 Å². The maximum atomic E-state index is 13.1. The monoisotopic (exact) mass is 673 g/mol. The summed E-state index contributed by atoms with van der Waals surface area (Å²) < 4.78 is 134. The summed E-state index contributed by atoms with van der Waals surface area (Å²) in [5.74, 6) is -4.99. The number of halogens is 6. The fourth-order valence-corrected chi connectivity index (χ4v) is 8.63. The number of aryl methyl sites for hydroxylation is 2. The molecular formula is C29H37F6NO6S2. The number of carbonyl (C=O) groups is 1. The SMILES string of the molecule is CCC(CC)(c1ccc(OCC(=O)C(C)(C)C)c(C)c1)c1ccc(N(S(=O)(=O)CC(F)(F)F)S(=O)(=O)CC(F)(F)F)c(C)c1. The molecule has 0 aliphatic carbocycles. The van der Waals surface area contributed by atoms with E-state index in [2.05, 4.69) is 0 Å². The first-order valence-corrected chi connectivity index (χ1v) is 16.8. The summed E-state index contributed by atoms with van der Waals surface area (Å²) in [6, 6.07) is 8.88. The number of nitrogens with zero attached hydrogens (tertiary/aromatic N) is 1. The van der Waals surface area contributed by atoms with Crippen molar-refractivity contribution in [1.82, 2.24) is 0 Å². The molecule has 44 heavy (non-hydrogen) atoms. The van der Waals surface area contributed by atoms with Gasteiger partial charge in [-0.05, 0) is 61.1 Å². The van der Waals surface area contributed by atoms with Crippen LogP contribution in [0, 0.1) is 19.3 Å². The van der Waals surface area contributed by atoms with E-state index in [-0.39, 0.29) is 18.0 Å². The van der Waals surface area contributed by atoms with E-state index in [0.29, 0.717) is 29.7 Å². The summed E-state index contributed by atoms with van der Waals surface area (Å²) in [5, 5.41) is 0. The van der Waals surface area contributed by atoms with Crippen LogP contribution < -0.4 is 8.45 Å². The Balaban J connectivity index is 2.66. The Morgan fingerprint density at radius 2 is 1.18 bits per heavy atom. The van der Waals surface area contributed by atoms with Crippen LogP contribution in [0.5, 0.6) is 5.75 Å². The largest absolute Gasteiger partial charge is 0.486 e. The number of ketones is 1. The average molecular weight is 674 g/mol. The van der Waals surface area contributed by atoms with E-state index in [0.717, 1.165) is 11.6 Å². The molecule has 0 amide bonds. The first-order chi connectivity index (χ1) is 19.8. The molecule has 248 valence electrons. The quantitative estimate of drug-likeness (QED) is 0.225. The van der Waals surface area contributed by atoms with Gasteiger partial charge in [-0.1, -0.05) is 58.9 Å². The van der Waals surface area contributed by atoms with Gasteiger partial charge in [0.25, 0.3) is 20.0 Å². The van der Waals surface area contributed by atoms with Crippen molar-refractivity contribution in [3.63, 3.8) is 0 Å². The van der Waals surface area contributed by atoms with Crippen LogP contribution in [-0.4, -0.2) is 53.1 Å². The van der Waals surface area contributed by atoms with Crippen molar-refractivity contribution >= 4 is 31.5 Å². The first-order valence-electron chi connectivity index (χ1n) is 13.6. The third kappa shape index (κ3) is 8.89. The van der Waals surface area contributed by atoms with Crippen LogP contribution in [-0.2, 0) is 30.3 Å². The maximum Gasteiger partial charge on any atom is 0.404 e. The smallest absolute Gasteiger partial charge is 0.404 e. The van der Waals surface area contributed by atoms with E-state index in [4.69, 9.17) is 4.74 Å². The van der Waals surface area contributed by atoms with Gasteiger partial charge in [-0.3, -0.25) is 4.79 Å². The first kappa shape index (κ1) is 37.4. The number of sulfonamides is 2. The van der Waals surface area contributed by atoms with E-state index in [1.165, 1.54) is 19.1 Å². The predicted molar refractivity (Wildman–Crippen MR) is 156 cm³/mol. The van der Waals surface area contributed by atoms with Crippen LogP contribution in [0.2, 0.25) is 0 Å². The molecule has 0 radical (unpaired) electrons. The van der Waals surface area contributed by atoms with Gasteiger partial charge < -0.3 is 4.74 Å². The number of Topliss-reactive ketones (excluding diaryl/α,β-unsaturated/α-hetero) is 1. The van der Waals surface area contributed by atoms with Crippen LogP contribution in [0.25, 0.3) is 0 Å². The summed E-state index contributed by atoms with van der Waals surface area (Å²) in [4.78, 5) is 12.3. The summed E-state index contributed by atoms with van der Waals surface area (Å²) in [6.07, 6.45) is -9.92. The second-order valence-electron chi connectivity index (χ2n) is 11.7. The molecule has 0 saturated heterocycles. The molecule has 0 bridgehead atoms. The molecule has 0 aromatic heterocycles. The summed E-state index contributed by atoms with van der Waals surface area (Å²) in [6.45, 7) is 11.9. The number of hydrogen-bond donors (Lipinski definition) is 0. The zero-order valence-corrected chi connectivity index (χ0v) is 27.1. The molecule has 0 N–H and O–H groups in total. The summed E-state index contributed by atoms with van der Waals surface area (Å²) in [7, 11) is -11.7. The third-order valence-electron chi connectivity index (χ3n) is 7.27. The maximum absolute atomic E-state index is 13.1. The number of benzene rings is 2. The van der Waals surface area contributed by atoms with Crippen LogP contribution in [0.1, 0.15) is 69.7 Å². The van der Waals surface area contributed by atoms with Gasteiger partial charge in [0, 0.05) is 10.8 Å². The number of rotatable bonds is 12. The van der Waals surface area contributed by atoms with Gasteiger partial charge in [-0.2, -0.15) is 30.1 Å². The molecule has 15 heteroatoms. The minimum atomic E-state index is -5.85. The average Bonchev–Trinajstić information content (AvgIpc) is 2.82. The van der Waals surface area contributed by atoms with Crippen LogP contribution in [0.3, 0.4) is 0 Å². The molecule has 0 heterocycles. The molecule has 0 fully saturated rings. The van der Waals surface area contributed by atoms with Crippen molar-refractivity contribution in [2.75, 3.05) is 21.8 Å². The van der Waals surface area contributed by atoms with E-state index in [1.54, 1.807) is 39.8 Å². The van der Waals surface area contributed by atoms with Gasteiger partial charge >= 0.3 is 12.4 Å². The van der Waals surface area contributed by atoms with Gasteiger partial charge in [0.05, 0.1) is 5.69 Å². The molecule has 2 aromatic rings. The van der Waals surface area contributed by atoms with Crippen molar-refractivity contribution in [3.8, 4) is 5.75 Å². The van der Waals surface area contributed by atoms with Crippen molar-refractivity contribution in [1.29, 1.82) is 0 Å². The Morgan fingerprint density at radius 3 is 1.55 bits per heavy atom. The van der Waals surface area contributed by atoms with E-state index >= 15 is 0 Å². The van der Waals surface area contributed by atoms with Crippen LogP contribution >= 0.6 is 0 Å². The van der Waals surface area contributed by atoms with Gasteiger partial charge in [0.2, 0.25) is 0 Å². The summed E-state index contributed by atoms with van der Waals surface area (Å²) in [5.41, 5.74) is -0.366. The lowest BCUT2D eigenvalue weighted by atomic mass is 9.70. The second kappa shape index (κ2) is 12.9. The molecule has 0 aliphatic heterocycles. The van der Waals surface area contributed by atoms with Crippen LogP contribution in [0.15, 0.2) is 36.4 Å². The minimum absolute atomic E-state index is 0.100. The molecule has 7 nitrogen and oxygen atoms in total. The molecule has 0 atom stereocenters. The van der Waals surface area contributed by atoms with Crippen molar-refractivity contribution in [2.45, 2.75) is 79.1 Å². The Morgan fingerprint density at radius 1 is 0.750 bits per heavy atom. The molecule has 0 spiro atoms. The second-order valence-corrected chi connectivity index (χ2v) is 15.5. The van der Waals surface area contributed by atoms with Crippen molar-refractivity contribution in [3.05, 3.63) is 58.7 Å². The standard InChI is InChI=1S/C29H37F6NO6S2/c1-8-27(9-2,22-11-13-24(20(4)15-22)42-16-25(37)26(5,6)7)21-10-12-23(19(3)14-21)36(43(38,39)17-28(30,31)32)44(40,41)18-29(33,34)35/h10-15H,8-9,16-18H2,1-7H3. The fourth-order valence-electron chi connectivity index (χ4n) is 4.86. The molecule has 2 rings (SSSR count). The Bertz CT molecular complexity index is 1530. The molecule has 0 unspecified atom stereocenters. The lowest BCUT2D eigenvalue weighted by Crippen LogP contribution is -2.45. The third-order valence-corrected chi connectivity index (χ3v) is 11.4. The predicted octanol–water partition coefficient (Wildman–Crippen LogP) is 6.99. The number of ether oxygens (including phenoxy) is 1. The van der Waals surface area contributed by atoms with Crippen LogP contribution in [0.4, 0.5) is 32.0 Å². The molecular weight excluding hydrogens is 636 g/mol. The highest BCUT2D eigenvalue weighted by atomic mass is 32.3. The normalized spacial score (nSPS) is 13.6. The van der Waals surface area contributed by atoms with E-state index in [1.807, 2.05) is 19.9 Å². The zero-order chi connectivity index (χ0) is 34.1. The number of alkyl halides is 6. The fraction of sp³-hybridized carbons (Fsp3) is 0.552. The van der Waals surface area contributed by atoms with Crippen molar-refractivity contribution in [2.24, 2.45) is 5.41 Å². The van der Waals surface area contributed by atoms with Gasteiger partial charge in [-0.15, -0.1) is 0 Å². The van der Waals surface area contributed by atoms with Gasteiger partial charge in [0.15, 0.2) is 17.3 Å². The summed E-state index contributed by atoms with van der Waals surface area (Å²) >= 11 is 0.